The normalized spacial score (nSPS) is 27.5. The average molecular weight is 194 g/mol. The lowest BCUT2D eigenvalue weighted by molar-refractivity contribution is -0.152. The minimum absolute atomic E-state index is 0.0172. The van der Waals surface area contributed by atoms with Gasteiger partial charge in [-0.1, -0.05) is 30.3 Å². The minimum atomic E-state index is -0.186. The molecule has 3 nitrogen and oxygen atoms in total. The van der Waals surface area contributed by atoms with E-state index in [2.05, 4.69) is 0 Å². The zero-order chi connectivity index (χ0) is 9.80. The fourth-order valence-corrected chi connectivity index (χ4v) is 1.56. The van der Waals surface area contributed by atoms with Crippen LogP contribution in [0.5, 0.6) is 0 Å². The summed E-state index contributed by atoms with van der Waals surface area (Å²) in [7, 11) is 0. The quantitative estimate of drug-likeness (QED) is 0.767. The maximum Gasteiger partial charge on any atom is 0.106 e. The first-order valence-electron chi connectivity index (χ1n) is 4.79. The van der Waals surface area contributed by atoms with E-state index in [0.717, 1.165) is 5.56 Å². The number of aliphatic hydroxyl groups is 1. The third-order valence-corrected chi connectivity index (χ3v) is 2.30. The van der Waals surface area contributed by atoms with Crippen LogP contribution in [-0.2, 0) is 9.47 Å². The summed E-state index contributed by atoms with van der Waals surface area (Å²) in [6.45, 7) is 1.07. The van der Waals surface area contributed by atoms with E-state index in [9.17, 15) is 0 Å². The fraction of sp³-hybridized carbons (Fsp3) is 0.455. The number of ether oxygens (including phenoxy) is 2. The van der Waals surface area contributed by atoms with Crippen molar-refractivity contribution in [2.24, 2.45) is 0 Å². The fourth-order valence-electron chi connectivity index (χ4n) is 1.56. The highest BCUT2D eigenvalue weighted by atomic mass is 16.6. The summed E-state index contributed by atoms with van der Waals surface area (Å²) < 4.78 is 11.0. The van der Waals surface area contributed by atoms with Crippen LogP contribution in [-0.4, -0.2) is 31.0 Å². The van der Waals surface area contributed by atoms with Crippen LogP contribution in [0.1, 0.15) is 11.7 Å². The Morgan fingerprint density at radius 3 is 2.71 bits per heavy atom. The van der Waals surface area contributed by atoms with Gasteiger partial charge in [0.05, 0.1) is 19.8 Å². The maximum atomic E-state index is 8.95. The van der Waals surface area contributed by atoms with Gasteiger partial charge in [0.2, 0.25) is 0 Å². The first kappa shape index (κ1) is 9.65. The second-order valence-electron chi connectivity index (χ2n) is 3.38. The molecule has 0 bridgehead atoms. The molecule has 0 saturated carbocycles. The first-order chi connectivity index (χ1) is 6.90. The molecule has 0 aliphatic carbocycles. The smallest absolute Gasteiger partial charge is 0.106 e. The summed E-state index contributed by atoms with van der Waals surface area (Å²) in [4.78, 5) is 0. The van der Waals surface area contributed by atoms with Crippen molar-refractivity contribution >= 4 is 0 Å². The maximum absolute atomic E-state index is 8.95. The largest absolute Gasteiger partial charge is 0.394 e. The second kappa shape index (κ2) is 4.55. The topological polar surface area (TPSA) is 38.7 Å². The molecule has 1 aliphatic rings. The molecule has 0 aromatic heterocycles. The Labute approximate surface area is 83.3 Å². The van der Waals surface area contributed by atoms with E-state index in [1.165, 1.54) is 0 Å². The summed E-state index contributed by atoms with van der Waals surface area (Å²) >= 11 is 0. The van der Waals surface area contributed by atoms with Gasteiger partial charge in [0, 0.05) is 0 Å². The van der Waals surface area contributed by atoms with Crippen molar-refractivity contribution in [3.8, 4) is 0 Å². The van der Waals surface area contributed by atoms with Crippen LogP contribution in [0.3, 0.4) is 0 Å². The van der Waals surface area contributed by atoms with Crippen LogP contribution in [0.15, 0.2) is 30.3 Å². The highest BCUT2D eigenvalue weighted by Crippen LogP contribution is 2.22. The Hall–Kier alpha value is -0.900. The first-order valence-corrected chi connectivity index (χ1v) is 4.79. The molecule has 1 aromatic rings. The van der Waals surface area contributed by atoms with Crippen molar-refractivity contribution in [3.63, 3.8) is 0 Å². The summed E-state index contributed by atoms with van der Waals surface area (Å²) in [5.74, 6) is 0. The van der Waals surface area contributed by atoms with Gasteiger partial charge in [-0.05, 0) is 5.56 Å². The monoisotopic (exact) mass is 194 g/mol. The van der Waals surface area contributed by atoms with Crippen LogP contribution < -0.4 is 0 Å². The Bertz CT molecular complexity index is 273. The van der Waals surface area contributed by atoms with E-state index < -0.39 is 0 Å². The van der Waals surface area contributed by atoms with Gasteiger partial charge in [-0.15, -0.1) is 0 Å². The van der Waals surface area contributed by atoms with Gasteiger partial charge in [-0.2, -0.15) is 0 Å². The lowest BCUT2D eigenvalue weighted by atomic mass is 10.1. The molecule has 1 N–H and O–H groups in total. The summed E-state index contributed by atoms with van der Waals surface area (Å²) in [6.07, 6.45) is -0.226. The number of hydrogen-bond donors (Lipinski definition) is 1. The summed E-state index contributed by atoms with van der Waals surface area (Å²) in [6, 6.07) is 9.93. The molecule has 1 fully saturated rings. The van der Waals surface area contributed by atoms with Crippen molar-refractivity contribution in [3.05, 3.63) is 35.9 Å². The van der Waals surface area contributed by atoms with Gasteiger partial charge in [0.25, 0.3) is 0 Å². The molecule has 76 valence electrons. The van der Waals surface area contributed by atoms with E-state index in [1.807, 2.05) is 30.3 Å². The summed E-state index contributed by atoms with van der Waals surface area (Å²) in [5.41, 5.74) is 1.10. The molecular formula is C11H14O3. The third-order valence-electron chi connectivity index (χ3n) is 2.30. The molecule has 1 aliphatic heterocycles. The second-order valence-corrected chi connectivity index (χ2v) is 3.38. The number of rotatable bonds is 2. The van der Waals surface area contributed by atoms with E-state index in [4.69, 9.17) is 14.6 Å². The van der Waals surface area contributed by atoms with Gasteiger partial charge in [-0.25, -0.2) is 0 Å². The lowest BCUT2D eigenvalue weighted by Crippen LogP contribution is -2.33. The molecule has 2 atom stereocenters. The molecule has 1 aromatic carbocycles. The van der Waals surface area contributed by atoms with Crippen LogP contribution >= 0.6 is 0 Å². The highest BCUT2D eigenvalue weighted by molar-refractivity contribution is 5.17. The van der Waals surface area contributed by atoms with Crippen LogP contribution in [0, 0.1) is 0 Å². The highest BCUT2D eigenvalue weighted by Gasteiger charge is 2.23. The molecule has 3 heteroatoms. The molecular weight excluding hydrogens is 180 g/mol. The number of aliphatic hydroxyl groups excluding tert-OH is 1. The SMILES string of the molecule is OC[C@@H]1COC[C@H](c2ccccc2)O1. The van der Waals surface area contributed by atoms with Crippen molar-refractivity contribution in [2.75, 3.05) is 19.8 Å². The predicted octanol–water partition coefficient (Wildman–Crippen LogP) is 1.14. The van der Waals surface area contributed by atoms with Crippen LogP contribution in [0.25, 0.3) is 0 Å². The van der Waals surface area contributed by atoms with E-state index >= 15 is 0 Å². The van der Waals surface area contributed by atoms with Crippen LogP contribution in [0.2, 0.25) is 0 Å². The van der Waals surface area contributed by atoms with Crippen LogP contribution in [0.4, 0.5) is 0 Å². The average Bonchev–Trinajstić information content (AvgIpc) is 2.30. The Morgan fingerprint density at radius 2 is 2.00 bits per heavy atom. The summed E-state index contributed by atoms with van der Waals surface area (Å²) in [5, 5.41) is 8.95. The molecule has 0 amide bonds. The molecule has 0 spiro atoms. The Morgan fingerprint density at radius 1 is 1.21 bits per heavy atom. The molecule has 0 unspecified atom stereocenters. The van der Waals surface area contributed by atoms with Crippen molar-refractivity contribution in [1.82, 2.24) is 0 Å². The molecule has 1 heterocycles. The van der Waals surface area contributed by atoms with Gasteiger partial charge < -0.3 is 14.6 Å². The van der Waals surface area contributed by atoms with Crippen molar-refractivity contribution in [1.29, 1.82) is 0 Å². The van der Waals surface area contributed by atoms with Crippen molar-refractivity contribution in [2.45, 2.75) is 12.2 Å². The Balaban J connectivity index is 2.04. The number of hydrogen-bond acceptors (Lipinski definition) is 3. The molecule has 1 saturated heterocycles. The Kier molecular flexibility index (Phi) is 3.14. The van der Waals surface area contributed by atoms with Gasteiger partial charge in [0.1, 0.15) is 12.2 Å². The van der Waals surface area contributed by atoms with Gasteiger partial charge >= 0.3 is 0 Å². The van der Waals surface area contributed by atoms with E-state index in [0.29, 0.717) is 13.2 Å². The van der Waals surface area contributed by atoms with E-state index in [-0.39, 0.29) is 18.8 Å². The standard InChI is InChI=1S/C11H14O3/c12-6-10-7-13-8-11(14-10)9-4-2-1-3-5-9/h1-5,10-12H,6-8H2/t10-,11-/m1/s1. The molecule has 0 radical (unpaired) electrons. The van der Waals surface area contributed by atoms with Gasteiger partial charge in [0.15, 0.2) is 0 Å². The number of benzene rings is 1. The van der Waals surface area contributed by atoms with Gasteiger partial charge in [-0.3, -0.25) is 0 Å². The van der Waals surface area contributed by atoms with E-state index in [1.54, 1.807) is 0 Å². The minimum Gasteiger partial charge on any atom is -0.394 e. The molecule has 2 rings (SSSR count). The third kappa shape index (κ3) is 2.12. The lowest BCUT2D eigenvalue weighted by Gasteiger charge is -2.29. The predicted molar refractivity (Wildman–Crippen MR) is 52.0 cm³/mol. The zero-order valence-electron chi connectivity index (χ0n) is 7.93. The zero-order valence-corrected chi connectivity index (χ0v) is 7.93. The van der Waals surface area contributed by atoms with Crippen molar-refractivity contribution < 1.29 is 14.6 Å². The molecule has 14 heavy (non-hydrogen) atoms.